The number of benzene rings is 2. The number of amides is 2. The summed E-state index contributed by atoms with van der Waals surface area (Å²) >= 11 is 0. The number of aromatic nitrogens is 2. The van der Waals surface area contributed by atoms with Crippen LogP contribution in [0.3, 0.4) is 0 Å². The topological polar surface area (TPSA) is 85.2 Å². The number of rotatable bonds is 7. The second-order valence-corrected chi connectivity index (χ2v) is 6.49. The maximum atomic E-state index is 12.1. The van der Waals surface area contributed by atoms with E-state index in [1.54, 1.807) is 28.9 Å². The highest BCUT2D eigenvalue weighted by Gasteiger charge is 2.15. The molecule has 0 aliphatic carbocycles. The van der Waals surface area contributed by atoms with Crippen molar-refractivity contribution in [3.05, 3.63) is 66.5 Å². The molecule has 0 saturated heterocycles. The Morgan fingerprint density at radius 3 is 2.48 bits per heavy atom. The predicted octanol–water partition coefficient (Wildman–Crippen LogP) is 2.78. The standard InChI is InChI=1S/C22H24N4O3/c1-3-29-20-7-5-4-6-19(20)25-22(28)21(27)23-13-12-16-8-10-17(11-9-16)18-14-24-26(2)15-18/h4-11,14-15H,3,12-13H2,1-2H3,(H,23,27)(H,25,28). The zero-order chi connectivity index (χ0) is 20.6. The molecular weight excluding hydrogens is 368 g/mol. The van der Waals surface area contributed by atoms with Crippen LogP contribution in [0.25, 0.3) is 11.1 Å². The van der Waals surface area contributed by atoms with Crippen LogP contribution in [-0.2, 0) is 23.1 Å². The highest BCUT2D eigenvalue weighted by atomic mass is 16.5. The van der Waals surface area contributed by atoms with Gasteiger partial charge < -0.3 is 15.4 Å². The van der Waals surface area contributed by atoms with Gasteiger partial charge in [0.25, 0.3) is 0 Å². The first-order chi connectivity index (χ1) is 14.1. The van der Waals surface area contributed by atoms with Gasteiger partial charge in [-0.05, 0) is 36.6 Å². The van der Waals surface area contributed by atoms with E-state index in [1.165, 1.54) is 0 Å². The summed E-state index contributed by atoms with van der Waals surface area (Å²) in [6, 6.07) is 15.1. The number of hydrogen-bond acceptors (Lipinski definition) is 4. The number of nitrogens with zero attached hydrogens (tertiary/aromatic N) is 2. The molecule has 29 heavy (non-hydrogen) atoms. The largest absolute Gasteiger partial charge is 0.492 e. The van der Waals surface area contributed by atoms with Crippen LogP contribution in [-0.4, -0.2) is 34.7 Å². The molecule has 2 N–H and O–H groups in total. The minimum atomic E-state index is -0.718. The second-order valence-electron chi connectivity index (χ2n) is 6.49. The molecule has 0 aliphatic heterocycles. The first-order valence-corrected chi connectivity index (χ1v) is 9.45. The monoisotopic (exact) mass is 392 g/mol. The van der Waals surface area contributed by atoms with Gasteiger partial charge in [-0.15, -0.1) is 0 Å². The van der Waals surface area contributed by atoms with Crippen molar-refractivity contribution in [1.29, 1.82) is 0 Å². The van der Waals surface area contributed by atoms with Crippen LogP contribution in [0.15, 0.2) is 60.9 Å². The first-order valence-electron chi connectivity index (χ1n) is 9.45. The van der Waals surface area contributed by atoms with E-state index < -0.39 is 11.8 Å². The lowest BCUT2D eigenvalue weighted by atomic mass is 10.1. The van der Waals surface area contributed by atoms with E-state index in [0.29, 0.717) is 31.0 Å². The fourth-order valence-corrected chi connectivity index (χ4v) is 2.87. The molecule has 3 rings (SSSR count). The molecule has 0 atom stereocenters. The van der Waals surface area contributed by atoms with Crippen molar-refractivity contribution in [2.45, 2.75) is 13.3 Å². The molecular formula is C22H24N4O3. The van der Waals surface area contributed by atoms with Crippen LogP contribution in [0.5, 0.6) is 5.75 Å². The van der Waals surface area contributed by atoms with Gasteiger partial charge in [0, 0.05) is 25.4 Å². The summed E-state index contributed by atoms with van der Waals surface area (Å²) in [5.74, 6) is -0.864. The molecule has 3 aromatic rings. The molecule has 2 amide bonds. The normalized spacial score (nSPS) is 10.4. The van der Waals surface area contributed by atoms with Gasteiger partial charge in [0.2, 0.25) is 0 Å². The highest BCUT2D eigenvalue weighted by molar-refractivity contribution is 6.39. The zero-order valence-electron chi connectivity index (χ0n) is 16.5. The van der Waals surface area contributed by atoms with Gasteiger partial charge in [0.05, 0.1) is 18.5 Å². The second kappa shape index (κ2) is 9.54. The van der Waals surface area contributed by atoms with Gasteiger partial charge in [-0.2, -0.15) is 5.10 Å². The average Bonchev–Trinajstić information content (AvgIpc) is 3.16. The number of ether oxygens (including phenoxy) is 1. The summed E-state index contributed by atoms with van der Waals surface area (Å²) in [6.45, 7) is 2.69. The number of nitrogens with one attached hydrogen (secondary N) is 2. The van der Waals surface area contributed by atoms with Crippen LogP contribution in [0.2, 0.25) is 0 Å². The quantitative estimate of drug-likeness (QED) is 0.606. The van der Waals surface area contributed by atoms with Crippen molar-refractivity contribution in [2.24, 2.45) is 7.05 Å². The molecule has 0 bridgehead atoms. The Hall–Kier alpha value is -3.61. The summed E-state index contributed by atoms with van der Waals surface area (Å²) in [5.41, 5.74) is 3.68. The van der Waals surface area contributed by atoms with E-state index in [4.69, 9.17) is 4.74 Å². The van der Waals surface area contributed by atoms with Crippen molar-refractivity contribution in [3.63, 3.8) is 0 Å². The maximum Gasteiger partial charge on any atom is 0.313 e. The number of aryl methyl sites for hydroxylation is 1. The number of carbonyl (C=O) groups is 2. The third kappa shape index (κ3) is 5.44. The molecule has 7 nitrogen and oxygen atoms in total. The maximum absolute atomic E-state index is 12.1. The minimum Gasteiger partial charge on any atom is -0.492 e. The summed E-state index contributed by atoms with van der Waals surface area (Å²) in [4.78, 5) is 24.2. The number of hydrogen-bond donors (Lipinski definition) is 2. The summed E-state index contributed by atoms with van der Waals surface area (Å²) in [6.07, 6.45) is 4.40. The Bertz CT molecular complexity index is 980. The lowest BCUT2D eigenvalue weighted by Gasteiger charge is -2.11. The molecule has 0 saturated carbocycles. The molecule has 0 unspecified atom stereocenters. The Morgan fingerprint density at radius 2 is 1.79 bits per heavy atom. The van der Waals surface area contributed by atoms with Gasteiger partial charge in [-0.3, -0.25) is 14.3 Å². The van der Waals surface area contributed by atoms with Crippen molar-refractivity contribution in [2.75, 3.05) is 18.5 Å². The first kappa shape index (κ1) is 20.1. The SMILES string of the molecule is CCOc1ccccc1NC(=O)C(=O)NCCc1ccc(-c2cnn(C)c2)cc1. The number of anilines is 1. The van der Waals surface area contributed by atoms with Crippen LogP contribution in [0.1, 0.15) is 12.5 Å². The average molecular weight is 392 g/mol. The molecule has 1 heterocycles. The van der Waals surface area contributed by atoms with E-state index >= 15 is 0 Å². The molecule has 0 spiro atoms. The molecule has 150 valence electrons. The fourth-order valence-electron chi connectivity index (χ4n) is 2.87. The molecule has 2 aromatic carbocycles. The lowest BCUT2D eigenvalue weighted by molar-refractivity contribution is -0.136. The van der Waals surface area contributed by atoms with Gasteiger partial charge in [0.15, 0.2) is 0 Å². The van der Waals surface area contributed by atoms with Crippen molar-refractivity contribution in [1.82, 2.24) is 15.1 Å². The lowest BCUT2D eigenvalue weighted by Crippen LogP contribution is -2.36. The Balaban J connectivity index is 1.49. The molecule has 1 aromatic heterocycles. The number of carbonyl (C=O) groups excluding carboxylic acids is 2. The van der Waals surface area contributed by atoms with E-state index in [-0.39, 0.29) is 0 Å². The number of para-hydroxylation sites is 2. The van der Waals surface area contributed by atoms with E-state index in [1.807, 2.05) is 50.6 Å². The van der Waals surface area contributed by atoms with E-state index in [0.717, 1.165) is 16.7 Å². The van der Waals surface area contributed by atoms with Crippen molar-refractivity contribution in [3.8, 4) is 16.9 Å². The molecule has 0 radical (unpaired) electrons. The van der Waals surface area contributed by atoms with Crippen molar-refractivity contribution < 1.29 is 14.3 Å². The summed E-state index contributed by atoms with van der Waals surface area (Å²) in [5, 5.41) is 9.40. The predicted molar refractivity (Wildman–Crippen MR) is 112 cm³/mol. The Kier molecular flexibility index (Phi) is 6.63. The Morgan fingerprint density at radius 1 is 1.03 bits per heavy atom. The fraction of sp³-hybridized carbons (Fsp3) is 0.227. The summed E-state index contributed by atoms with van der Waals surface area (Å²) in [7, 11) is 1.88. The molecule has 0 fully saturated rings. The molecule has 7 heteroatoms. The smallest absolute Gasteiger partial charge is 0.313 e. The third-order valence-electron chi connectivity index (χ3n) is 4.33. The third-order valence-corrected chi connectivity index (χ3v) is 4.33. The highest BCUT2D eigenvalue weighted by Crippen LogP contribution is 2.23. The van der Waals surface area contributed by atoms with Gasteiger partial charge in [-0.25, -0.2) is 0 Å². The van der Waals surface area contributed by atoms with Gasteiger partial charge in [-0.1, -0.05) is 36.4 Å². The van der Waals surface area contributed by atoms with E-state index in [9.17, 15) is 9.59 Å². The molecule has 0 aliphatic rings. The van der Waals surface area contributed by atoms with E-state index in [2.05, 4.69) is 15.7 Å². The van der Waals surface area contributed by atoms with Gasteiger partial charge in [0.1, 0.15) is 5.75 Å². The van der Waals surface area contributed by atoms with Gasteiger partial charge >= 0.3 is 11.8 Å². The minimum absolute atomic E-state index is 0.367. The zero-order valence-corrected chi connectivity index (χ0v) is 16.5. The Labute approximate surface area is 169 Å². The summed E-state index contributed by atoms with van der Waals surface area (Å²) < 4.78 is 7.21. The van der Waals surface area contributed by atoms with Crippen LogP contribution < -0.4 is 15.4 Å². The van der Waals surface area contributed by atoms with Crippen LogP contribution >= 0.6 is 0 Å². The van der Waals surface area contributed by atoms with Crippen molar-refractivity contribution >= 4 is 17.5 Å². The van der Waals surface area contributed by atoms with Crippen LogP contribution in [0.4, 0.5) is 5.69 Å². The van der Waals surface area contributed by atoms with Crippen LogP contribution in [0, 0.1) is 0 Å².